The van der Waals surface area contributed by atoms with Crippen LogP contribution in [0.4, 0.5) is 14.5 Å². The van der Waals surface area contributed by atoms with Crippen molar-refractivity contribution in [3.8, 4) is 0 Å². The van der Waals surface area contributed by atoms with Gasteiger partial charge in [-0.3, -0.25) is 13.7 Å². The average Bonchev–Trinajstić information content (AvgIpc) is 3.21. The number of carbonyl (C=O) groups is 1. The summed E-state index contributed by atoms with van der Waals surface area (Å²) in [5.74, 6) is -0.342. The summed E-state index contributed by atoms with van der Waals surface area (Å²) in [7, 11) is -0.836. The van der Waals surface area contributed by atoms with Crippen molar-refractivity contribution < 1.29 is 22.0 Å². The van der Waals surface area contributed by atoms with Gasteiger partial charge in [0.25, 0.3) is 15.9 Å². The summed E-state index contributed by atoms with van der Waals surface area (Å²) < 4.78 is 53.4. The Morgan fingerprint density at radius 3 is 2.26 bits per heavy atom. The van der Waals surface area contributed by atoms with Gasteiger partial charge in [0.15, 0.2) is 0 Å². The van der Waals surface area contributed by atoms with Crippen molar-refractivity contribution in [2.24, 2.45) is 0 Å². The monoisotopic (exact) mass is 448 g/mol. The minimum absolute atomic E-state index is 0.0615. The van der Waals surface area contributed by atoms with Crippen molar-refractivity contribution in [2.75, 3.05) is 18.4 Å². The van der Waals surface area contributed by atoms with Crippen LogP contribution in [0.15, 0.2) is 65.8 Å². The van der Waals surface area contributed by atoms with Gasteiger partial charge < -0.3 is 4.90 Å². The molecule has 0 radical (unpaired) electrons. The fourth-order valence-electron chi connectivity index (χ4n) is 2.97. The van der Waals surface area contributed by atoms with Gasteiger partial charge in [-0.1, -0.05) is 17.7 Å². The largest absolute Gasteiger partial charge is 0.334 e. The van der Waals surface area contributed by atoms with Crippen LogP contribution in [0, 0.1) is 6.92 Å². The molecule has 1 heterocycles. The van der Waals surface area contributed by atoms with Gasteiger partial charge in [0, 0.05) is 32.1 Å². The van der Waals surface area contributed by atoms with Crippen LogP contribution in [0.3, 0.4) is 0 Å². The number of amides is 1. The number of benzene rings is 2. The highest BCUT2D eigenvalue weighted by atomic mass is 32.2. The van der Waals surface area contributed by atoms with Gasteiger partial charge in [-0.05, 0) is 43.3 Å². The van der Waals surface area contributed by atoms with E-state index in [2.05, 4.69) is 4.98 Å². The van der Waals surface area contributed by atoms with Gasteiger partial charge in [-0.2, -0.15) is 8.78 Å². The lowest BCUT2D eigenvalue weighted by Gasteiger charge is -2.21. The fourth-order valence-corrected chi connectivity index (χ4v) is 4.16. The highest BCUT2D eigenvalue weighted by molar-refractivity contribution is 7.92. The van der Waals surface area contributed by atoms with Gasteiger partial charge in [-0.15, -0.1) is 0 Å². The molecule has 0 bridgehead atoms. The van der Waals surface area contributed by atoms with Gasteiger partial charge in [0.2, 0.25) is 0 Å². The third-order valence-corrected chi connectivity index (χ3v) is 6.64. The standard InChI is InChI=1S/C21H22F2N4O3S/c1-15-4-10-18(11-5-15)31(29,30)26(3)17-8-6-16(7-9-17)20(28)25(2)14-19-24-12-13-27(19)21(22)23/h4-13,21H,14H2,1-3H3. The number of anilines is 1. The smallest absolute Gasteiger partial charge is 0.319 e. The summed E-state index contributed by atoms with van der Waals surface area (Å²) >= 11 is 0. The van der Waals surface area contributed by atoms with Crippen molar-refractivity contribution in [3.05, 3.63) is 77.9 Å². The Balaban J connectivity index is 1.75. The van der Waals surface area contributed by atoms with Gasteiger partial charge >= 0.3 is 6.55 Å². The molecule has 0 saturated carbocycles. The molecule has 0 unspecified atom stereocenters. The Bertz CT molecular complexity index is 1160. The van der Waals surface area contributed by atoms with E-state index in [9.17, 15) is 22.0 Å². The van der Waals surface area contributed by atoms with Gasteiger partial charge in [-0.25, -0.2) is 13.4 Å². The predicted molar refractivity (Wildman–Crippen MR) is 112 cm³/mol. The van der Waals surface area contributed by atoms with Crippen LogP contribution < -0.4 is 4.31 Å². The van der Waals surface area contributed by atoms with E-state index in [-0.39, 0.29) is 17.3 Å². The molecule has 1 aromatic heterocycles. The molecule has 3 rings (SSSR count). The molecule has 10 heteroatoms. The molecule has 7 nitrogen and oxygen atoms in total. The Morgan fingerprint density at radius 1 is 1.06 bits per heavy atom. The third-order valence-electron chi connectivity index (χ3n) is 4.84. The van der Waals surface area contributed by atoms with Crippen LogP contribution in [0.2, 0.25) is 0 Å². The van der Waals surface area contributed by atoms with Crippen LogP contribution in [0.5, 0.6) is 0 Å². The van der Waals surface area contributed by atoms with Crippen LogP contribution >= 0.6 is 0 Å². The molecule has 1 amide bonds. The highest BCUT2D eigenvalue weighted by Gasteiger charge is 2.22. The molecule has 0 fully saturated rings. The second-order valence-corrected chi connectivity index (χ2v) is 8.99. The number of sulfonamides is 1. The first kappa shape index (κ1) is 22.4. The molecule has 0 aliphatic carbocycles. The van der Waals surface area contributed by atoms with E-state index in [1.165, 1.54) is 61.6 Å². The maximum atomic E-state index is 13.0. The van der Waals surface area contributed by atoms with Crippen molar-refractivity contribution in [2.45, 2.75) is 24.9 Å². The SMILES string of the molecule is Cc1ccc(S(=O)(=O)N(C)c2ccc(C(=O)N(C)Cc3nccn3C(F)F)cc2)cc1. The lowest BCUT2D eigenvalue weighted by Crippen LogP contribution is -2.28. The molecule has 3 aromatic rings. The minimum Gasteiger partial charge on any atom is -0.334 e. The van der Waals surface area contributed by atoms with Crippen LogP contribution in [0.1, 0.15) is 28.3 Å². The number of aryl methyl sites for hydroxylation is 1. The maximum absolute atomic E-state index is 13.0. The number of imidazole rings is 1. The zero-order valence-corrected chi connectivity index (χ0v) is 18.1. The number of halogens is 2. The van der Waals surface area contributed by atoms with Crippen LogP contribution in [-0.4, -0.2) is 42.9 Å². The molecule has 0 saturated heterocycles. The molecule has 0 N–H and O–H groups in total. The number of rotatable bonds is 7. The van der Waals surface area contributed by atoms with Crippen molar-refractivity contribution >= 4 is 21.6 Å². The zero-order chi connectivity index (χ0) is 22.8. The predicted octanol–water partition coefficient (Wildman–Crippen LogP) is 3.68. The minimum atomic E-state index is -3.75. The summed E-state index contributed by atoms with van der Waals surface area (Å²) in [6, 6.07) is 12.5. The van der Waals surface area contributed by atoms with Crippen molar-refractivity contribution in [1.82, 2.24) is 14.5 Å². The van der Waals surface area contributed by atoms with E-state index in [1.807, 2.05) is 6.92 Å². The average molecular weight is 448 g/mol. The summed E-state index contributed by atoms with van der Waals surface area (Å²) in [5.41, 5.74) is 1.63. The molecule has 0 aliphatic rings. The quantitative estimate of drug-likeness (QED) is 0.553. The van der Waals surface area contributed by atoms with Gasteiger partial charge in [0.05, 0.1) is 17.1 Å². The fraction of sp³-hybridized carbons (Fsp3) is 0.238. The zero-order valence-electron chi connectivity index (χ0n) is 17.2. The number of alkyl halides is 2. The first-order chi connectivity index (χ1) is 14.6. The summed E-state index contributed by atoms with van der Waals surface area (Å²) in [6.07, 6.45) is 2.40. The number of nitrogens with zero attached hydrogens (tertiary/aromatic N) is 4. The van der Waals surface area contributed by atoms with E-state index < -0.39 is 22.5 Å². The number of hydrogen-bond donors (Lipinski definition) is 0. The molecule has 164 valence electrons. The van der Waals surface area contributed by atoms with E-state index in [1.54, 1.807) is 12.1 Å². The number of aromatic nitrogens is 2. The Hall–Kier alpha value is -3.27. The normalized spacial score (nSPS) is 11.5. The Labute approximate surface area is 179 Å². The van der Waals surface area contributed by atoms with E-state index in [0.717, 1.165) is 16.1 Å². The highest BCUT2D eigenvalue weighted by Crippen LogP contribution is 2.23. The number of hydrogen-bond acceptors (Lipinski definition) is 4. The van der Waals surface area contributed by atoms with Crippen LogP contribution in [-0.2, 0) is 16.6 Å². The summed E-state index contributed by atoms with van der Waals surface area (Å²) in [5, 5.41) is 0. The molecule has 2 aromatic carbocycles. The molecular formula is C21H22F2N4O3S. The second kappa shape index (κ2) is 8.84. The van der Waals surface area contributed by atoms with Crippen molar-refractivity contribution in [3.63, 3.8) is 0 Å². The topological polar surface area (TPSA) is 75.5 Å². The Morgan fingerprint density at radius 2 is 1.68 bits per heavy atom. The lowest BCUT2D eigenvalue weighted by atomic mass is 10.2. The van der Waals surface area contributed by atoms with Crippen LogP contribution in [0.25, 0.3) is 0 Å². The third kappa shape index (κ3) is 4.74. The molecule has 0 aliphatic heterocycles. The second-order valence-electron chi connectivity index (χ2n) is 7.02. The van der Waals surface area contributed by atoms with Crippen molar-refractivity contribution in [1.29, 1.82) is 0 Å². The number of carbonyl (C=O) groups excluding carboxylic acids is 1. The van der Waals surface area contributed by atoms with E-state index in [4.69, 9.17) is 0 Å². The summed E-state index contributed by atoms with van der Waals surface area (Å²) in [6.45, 7) is -0.973. The Kier molecular flexibility index (Phi) is 6.40. The first-order valence-corrected chi connectivity index (χ1v) is 10.8. The van der Waals surface area contributed by atoms with Gasteiger partial charge in [0.1, 0.15) is 5.82 Å². The van der Waals surface area contributed by atoms with E-state index >= 15 is 0 Å². The molecule has 0 spiro atoms. The maximum Gasteiger partial charge on any atom is 0.319 e. The molecular weight excluding hydrogens is 426 g/mol. The molecule has 31 heavy (non-hydrogen) atoms. The molecule has 0 atom stereocenters. The first-order valence-electron chi connectivity index (χ1n) is 9.32. The lowest BCUT2D eigenvalue weighted by molar-refractivity contribution is 0.0612. The van der Waals surface area contributed by atoms with E-state index in [0.29, 0.717) is 15.8 Å². The summed E-state index contributed by atoms with van der Waals surface area (Å²) in [4.78, 5) is 17.9.